The van der Waals surface area contributed by atoms with Gasteiger partial charge in [0.15, 0.2) is 5.75 Å². The molecule has 1 aliphatic heterocycles. The second kappa shape index (κ2) is 5.67. The zero-order valence-corrected chi connectivity index (χ0v) is 12.1. The summed E-state index contributed by atoms with van der Waals surface area (Å²) in [5.41, 5.74) is 0.451. The fourth-order valence-corrected chi connectivity index (χ4v) is 2.35. The molecule has 0 unspecified atom stereocenters. The van der Waals surface area contributed by atoms with Gasteiger partial charge in [-0.3, -0.25) is 4.79 Å². The molecule has 2 heterocycles. The number of hydrogen-bond acceptors (Lipinski definition) is 4. The summed E-state index contributed by atoms with van der Waals surface area (Å²) in [4.78, 5) is 20.5. The maximum Gasteiger partial charge on any atom is 0.272 e. The number of amides is 1. The average molecular weight is 314 g/mol. The lowest BCUT2D eigenvalue weighted by Crippen LogP contribution is -2.47. The topological polar surface area (TPSA) is 45.7 Å². The fraction of sp³-hybridized carbons (Fsp3) is 0.500. The molecule has 1 aromatic heterocycles. The zero-order valence-electron chi connectivity index (χ0n) is 10.5. The molecule has 98 valence electrons. The molecule has 0 radical (unpaired) electrons. The van der Waals surface area contributed by atoms with Gasteiger partial charge in [-0.1, -0.05) is 0 Å². The van der Waals surface area contributed by atoms with Crippen LogP contribution in [0.5, 0.6) is 5.75 Å². The lowest BCUT2D eigenvalue weighted by atomic mass is 10.2. The molecule has 0 aromatic carbocycles. The molecule has 0 spiro atoms. The lowest BCUT2D eigenvalue weighted by Gasteiger charge is -2.32. The number of pyridine rings is 1. The Hall–Kier alpha value is -1.14. The minimum Gasteiger partial charge on any atom is -0.494 e. The average Bonchev–Trinajstić information content (AvgIpc) is 2.38. The van der Waals surface area contributed by atoms with Gasteiger partial charge in [-0.2, -0.15) is 0 Å². The summed E-state index contributed by atoms with van der Waals surface area (Å²) in [5.74, 6) is 0.608. The van der Waals surface area contributed by atoms with Crippen LogP contribution >= 0.6 is 15.9 Å². The molecule has 0 atom stereocenters. The number of aromatic nitrogens is 1. The first-order valence-corrected chi connectivity index (χ1v) is 6.59. The van der Waals surface area contributed by atoms with Crippen LogP contribution in [0.4, 0.5) is 0 Å². The minimum absolute atomic E-state index is 0.0218. The Morgan fingerprint density at radius 2 is 2.00 bits per heavy atom. The molecule has 5 nitrogen and oxygen atoms in total. The van der Waals surface area contributed by atoms with Gasteiger partial charge in [-0.05, 0) is 35.1 Å². The zero-order chi connectivity index (χ0) is 13.1. The number of nitrogens with zero attached hydrogens (tertiary/aromatic N) is 3. The summed E-state index contributed by atoms with van der Waals surface area (Å²) in [6.45, 7) is 3.31. The molecule has 18 heavy (non-hydrogen) atoms. The first-order chi connectivity index (χ1) is 8.61. The number of carbonyl (C=O) groups excluding carboxylic acids is 1. The largest absolute Gasteiger partial charge is 0.494 e. The highest BCUT2D eigenvalue weighted by molar-refractivity contribution is 9.10. The van der Waals surface area contributed by atoms with Crippen LogP contribution in [0.3, 0.4) is 0 Å². The number of ether oxygens (including phenoxy) is 1. The summed E-state index contributed by atoms with van der Waals surface area (Å²) in [6.07, 6.45) is 0. The SMILES string of the molecule is COc1ccc(C(=O)N2CCN(C)CC2)nc1Br. The number of piperazine rings is 1. The van der Waals surface area contributed by atoms with Crippen LogP contribution in [0, 0.1) is 0 Å². The van der Waals surface area contributed by atoms with Crippen molar-refractivity contribution in [1.29, 1.82) is 0 Å². The van der Waals surface area contributed by atoms with Gasteiger partial charge in [0.25, 0.3) is 5.91 Å². The number of hydrogen-bond donors (Lipinski definition) is 0. The van der Waals surface area contributed by atoms with Crippen LogP contribution in [-0.4, -0.2) is 61.0 Å². The first-order valence-electron chi connectivity index (χ1n) is 5.80. The third kappa shape index (κ3) is 2.81. The van der Waals surface area contributed by atoms with Crippen molar-refractivity contribution in [3.05, 3.63) is 22.4 Å². The van der Waals surface area contributed by atoms with Crippen molar-refractivity contribution in [3.8, 4) is 5.75 Å². The van der Waals surface area contributed by atoms with Crippen LogP contribution < -0.4 is 4.74 Å². The minimum atomic E-state index is -0.0218. The Morgan fingerprint density at radius 3 is 2.56 bits per heavy atom. The Balaban J connectivity index is 2.11. The maximum absolute atomic E-state index is 12.2. The summed E-state index contributed by atoms with van der Waals surface area (Å²) in [6, 6.07) is 3.45. The molecule has 1 fully saturated rings. The molecule has 0 saturated carbocycles. The first kappa shape index (κ1) is 13.3. The van der Waals surface area contributed by atoms with Gasteiger partial charge in [0, 0.05) is 26.2 Å². The monoisotopic (exact) mass is 313 g/mol. The Kier molecular flexibility index (Phi) is 4.19. The van der Waals surface area contributed by atoms with E-state index < -0.39 is 0 Å². The van der Waals surface area contributed by atoms with Crippen LogP contribution in [0.25, 0.3) is 0 Å². The van der Waals surface area contributed by atoms with Crippen LogP contribution in [-0.2, 0) is 0 Å². The molecule has 1 aromatic rings. The number of methoxy groups -OCH3 is 1. The van der Waals surface area contributed by atoms with Gasteiger partial charge in [0.1, 0.15) is 10.3 Å². The maximum atomic E-state index is 12.2. The number of likely N-dealkylation sites (N-methyl/N-ethyl adjacent to an activating group) is 1. The molecule has 2 rings (SSSR count). The van der Waals surface area contributed by atoms with Gasteiger partial charge in [0.05, 0.1) is 7.11 Å². The van der Waals surface area contributed by atoms with Crippen molar-refractivity contribution in [2.24, 2.45) is 0 Å². The van der Waals surface area contributed by atoms with Crippen molar-refractivity contribution < 1.29 is 9.53 Å². The number of carbonyl (C=O) groups is 1. The second-order valence-electron chi connectivity index (χ2n) is 4.29. The van der Waals surface area contributed by atoms with Crippen molar-refractivity contribution >= 4 is 21.8 Å². The van der Waals surface area contributed by atoms with Crippen molar-refractivity contribution in [3.63, 3.8) is 0 Å². The Labute approximate surface area is 115 Å². The summed E-state index contributed by atoms with van der Waals surface area (Å²) >= 11 is 3.29. The van der Waals surface area contributed by atoms with E-state index in [1.807, 2.05) is 4.90 Å². The van der Waals surface area contributed by atoms with E-state index in [0.717, 1.165) is 26.2 Å². The molecule has 0 N–H and O–H groups in total. The van der Waals surface area contributed by atoms with E-state index in [9.17, 15) is 4.79 Å². The fourth-order valence-electron chi connectivity index (χ4n) is 1.86. The molecule has 0 aliphatic carbocycles. The predicted molar refractivity (Wildman–Crippen MR) is 71.9 cm³/mol. The molecular weight excluding hydrogens is 298 g/mol. The van der Waals surface area contributed by atoms with Crippen LogP contribution in [0.2, 0.25) is 0 Å². The third-order valence-electron chi connectivity index (χ3n) is 3.04. The molecule has 0 bridgehead atoms. The van der Waals surface area contributed by atoms with Gasteiger partial charge in [-0.25, -0.2) is 4.98 Å². The van der Waals surface area contributed by atoms with E-state index in [0.29, 0.717) is 16.0 Å². The van der Waals surface area contributed by atoms with Crippen molar-refractivity contribution in [1.82, 2.24) is 14.8 Å². The summed E-state index contributed by atoms with van der Waals surface area (Å²) in [5, 5.41) is 0. The normalized spacial score (nSPS) is 16.7. The molecule has 1 aliphatic rings. The number of rotatable bonds is 2. The van der Waals surface area contributed by atoms with E-state index in [2.05, 4.69) is 32.9 Å². The highest BCUT2D eigenvalue weighted by Gasteiger charge is 2.21. The van der Waals surface area contributed by atoms with Crippen molar-refractivity contribution in [2.75, 3.05) is 40.3 Å². The van der Waals surface area contributed by atoms with Gasteiger partial charge < -0.3 is 14.5 Å². The van der Waals surface area contributed by atoms with Gasteiger partial charge in [-0.15, -0.1) is 0 Å². The van der Waals surface area contributed by atoms with E-state index in [4.69, 9.17) is 4.74 Å². The second-order valence-corrected chi connectivity index (χ2v) is 5.04. The van der Waals surface area contributed by atoms with E-state index in [1.165, 1.54) is 0 Å². The summed E-state index contributed by atoms with van der Waals surface area (Å²) < 4.78 is 5.66. The molecular formula is C12H16BrN3O2. The Morgan fingerprint density at radius 1 is 1.33 bits per heavy atom. The Bertz CT molecular complexity index is 445. The number of halogens is 1. The highest BCUT2D eigenvalue weighted by Crippen LogP contribution is 2.22. The standard InChI is InChI=1S/C12H16BrN3O2/c1-15-5-7-16(8-6-15)12(17)9-3-4-10(18-2)11(13)14-9/h3-4H,5-8H2,1-2H3. The van der Waals surface area contributed by atoms with Crippen molar-refractivity contribution in [2.45, 2.75) is 0 Å². The molecule has 1 saturated heterocycles. The van der Waals surface area contributed by atoms with Crippen LogP contribution in [0.1, 0.15) is 10.5 Å². The predicted octanol–water partition coefficient (Wildman–Crippen LogP) is 1.24. The third-order valence-corrected chi connectivity index (χ3v) is 3.61. The quantitative estimate of drug-likeness (QED) is 0.771. The van der Waals surface area contributed by atoms with E-state index >= 15 is 0 Å². The lowest BCUT2D eigenvalue weighted by molar-refractivity contribution is 0.0658. The van der Waals surface area contributed by atoms with Gasteiger partial charge in [0.2, 0.25) is 0 Å². The molecule has 1 amide bonds. The smallest absolute Gasteiger partial charge is 0.272 e. The van der Waals surface area contributed by atoms with E-state index in [1.54, 1.807) is 19.2 Å². The van der Waals surface area contributed by atoms with Crippen LogP contribution in [0.15, 0.2) is 16.7 Å². The van der Waals surface area contributed by atoms with E-state index in [-0.39, 0.29) is 5.91 Å². The summed E-state index contributed by atoms with van der Waals surface area (Å²) in [7, 11) is 3.63. The van der Waals surface area contributed by atoms with Gasteiger partial charge >= 0.3 is 0 Å². The highest BCUT2D eigenvalue weighted by atomic mass is 79.9. The molecule has 6 heteroatoms.